The molecule has 7 heteroatoms. The Morgan fingerprint density at radius 1 is 1.12 bits per heavy atom. The SMILES string of the molecule is COc1ccc(OC)c(NC(=O)COC(=O)c2cc(C)sc2C)c1. The number of methoxy groups -OCH3 is 2. The van der Waals surface area contributed by atoms with Crippen molar-refractivity contribution < 1.29 is 23.8 Å². The van der Waals surface area contributed by atoms with Crippen LogP contribution in [0.25, 0.3) is 0 Å². The van der Waals surface area contributed by atoms with E-state index in [0.29, 0.717) is 22.7 Å². The fraction of sp³-hybridized carbons (Fsp3) is 0.294. The van der Waals surface area contributed by atoms with Crippen molar-refractivity contribution in [1.82, 2.24) is 0 Å². The van der Waals surface area contributed by atoms with Gasteiger partial charge in [-0.3, -0.25) is 4.79 Å². The number of benzene rings is 1. The Labute approximate surface area is 144 Å². The molecule has 2 rings (SSSR count). The van der Waals surface area contributed by atoms with Crippen molar-refractivity contribution in [3.05, 3.63) is 39.6 Å². The van der Waals surface area contributed by atoms with Crippen LogP contribution in [0.15, 0.2) is 24.3 Å². The Morgan fingerprint density at radius 3 is 2.46 bits per heavy atom. The Morgan fingerprint density at radius 2 is 1.88 bits per heavy atom. The number of ether oxygens (including phenoxy) is 3. The lowest BCUT2D eigenvalue weighted by Gasteiger charge is -2.12. The molecular formula is C17H19NO5S. The quantitative estimate of drug-likeness (QED) is 0.811. The number of anilines is 1. The number of aryl methyl sites for hydroxylation is 2. The van der Waals surface area contributed by atoms with E-state index in [1.807, 2.05) is 13.8 Å². The number of amides is 1. The maximum atomic E-state index is 12.0. The number of nitrogens with one attached hydrogen (secondary N) is 1. The van der Waals surface area contributed by atoms with Crippen LogP contribution in [0.1, 0.15) is 20.1 Å². The number of carbonyl (C=O) groups is 2. The predicted molar refractivity (Wildman–Crippen MR) is 92.3 cm³/mol. The van der Waals surface area contributed by atoms with Crippen LogP contribution >= 0.6 is 11.3 Å². The summed E-state index contributed by atoms with van der Waals surface area (Å²) in [5, 5.41) is 2.64. The summed E-state index contributed by atoms with van der Waals surface area (Å²) in [6.45, 7) is 3.37. The second-order valence-electron chi connectivity index (χ2n) is 5.02. The predicted octanol–water partition coefficient (Wildman–Crippen LogP) is 3.18. The molecule has 1 aromatic carbocycles. The molecule has 0 fully saturated rings. The molecule has 1 heterocycles. The van der Waals surface area contributed by atoms with Crippen molar-refractivity contribution in [2.24, 2.45) is 0 Å². The largest absolute Gasteiger partial charge is 0.497 e. The summed E-state index contributed by atoms with van der Waals surface area (Å²) in [4.78, 5) is 25.9. The average molecular weight is 349 g/mol. The molecule has 2 aromatic rings. The minimum atomic E-state index is -0.510. The third-order valence-corrected chi connectivity index (χ3v) is 4.24. The fourth-order valence-corrected chi connectivity index (χ4v) is 3.05. The standard InChI is InChI=1S/C17H19NO5S/c1-10-7-13(11(2)24-10)17(20)23-9-16(19)18-14-8-12(21-3)5-6-15(14)22-4/h5-8H,9H2,1-4H3,(H,18,19). The molecule has 0 saturated carbocycles. The molecule has 0 aliphatic heterocycles. The second kappa shape index (κ2) is 7.83. The van der Waals surface area contributed by atoms with Crippen molar-refractivity contribution in [2.45, 2.75) is 13.8 Å². The molecule has 1 amide bonds. The molecule has 0 aliphatic rings. The topological polar surface area (TPSA) is 73.9 Å². The molecule has 0 spiro atoms. The van der Waals surface area contributed by atoms with Gasteiger partial charge in [-0.15, -0.1) is 11.3 Å². The molecule has 128 valence electrons. The van der Waals surface area contributed by atoms with Gasteiger partial charge in [0.15, 0.2) is 6.61 Å². The van der Waals surface area contributed by atoms with Gasteiger partial charge in [0, 0.05) is 15.8 Å². The molecule has 0 radical (unpaired) electrons. The highest BCUT2D eigenvalue weighted by atomic mass is 32.1. The molecule has 0 bridgehead atoms. The van der Waals surface area contributed by atoms with Crippen LogP contribution < -0.4 is 14.8 Å². The summed E-state index contributed by atoms with van der Waals surface area (Å²) in [5.41, 5.74) is 0.935. The number of hydrogen-bond acceptors (Lipinski definition) is 6. The summed E-state index contributed by atoms with van der Waals surface area (Å²) >= 11 is 1.51. The zero-order valence-corrected chi connectivity index (χ0v) is 14.8. The van der Waals surface area contributed by atoms with Gasteiger partial charge in [-0.1, -0.05) is 0 Å². The number of esters is 1. The van der Waals surface area contributed by atoms with Gasteiger partial charge in [-0.05, 0) is 32.0 Å². The molecule has 6 nitrogen and oxygen atoms in total. The first-order valence-corrected chi connectivity index (χ1v) is 8.02. The van der Waals surface area contributed by atoms with Crippen molar-refractivity contribution in [3.8, 4) is 11.5 Å². The van der Waals surface area contributed by atoms with Crippen LogP contribution in [0.4, 0.5) is 5.69 Å². The summed E-state index contributed by atoms with van der Waals surface area (Å²) in [5.74, 6) is 0.0939. The minimum Gasteiger partial charge on any atom is -0.497 e. The lowest BCUT2D eigenvalue weighted by Crippen LogP contribution is -2.21. The lowest BCUT2D eigenvalue weighted by atomic mass is 10.2. The molecule has 24 heavy (non-hydrogen) atoms. The van der Waals surface area contributed by atoms with Crippen molar-refractivity contribution in [3.63, 3.8) is 0 Å². The first-order valence-electron chi connectivity index (χ1n) is 7.20. The maximum Gasteiger partial charge on any atom is 0.339 e. The van der Waals surface area contributed by atoms with E-state index in [1.165, 1.54) is 25.6 Å². The van der Waals surface area contributed by atoms with Crippen molar-refractivity contribution in [2.75, 3.05) is 26.1 Å². The van der Waals surface area contributed by atoms with Gasteiger partial charge in [-0.2, -0.15) is 0 Å². The van der Waals surface area contributed by atoms with Crippen LogP contribution in [0.2, 0.25) is 0 Å². The third-order valence-electron chi connectivity index (χ3n) is 3.28. The van der Waals surface area contributed by atoms with E-state index in [-0.39, 0.29) is 6.61 Å². The second-order valence-corrected chi connectivity index (χ2v) is 6.48. The normalized spacial score (nSPS) is 10.2. The first kappa shape index (κ1) is 17.8. The number of hydrogen-bond donors (Lipinski definition) is 1. The van der Waals surface area contributed by atoms with Gasteiger partial charge in [0.05, 0.1) is 25.5 Å². The van der Waals surface area contributed by atoms with E-state index in [4.69, 9.17) is 14.2 Å². The van der Waals surface area contributed by atoms with Crippen molar-refractivity contribution in [1.29, 1.82) is 0 Å². The van der Waals surface area contributed by atoms with Crippen LogP contribution in [0, 0.1) is 13.8 Å². The van der Waals surface area contributed by atoms with E-state index in [2.05, 4.69) is 5.32 Å². The van der Waals surface area contributed by atoms with E-state index in [9.17, 15) is 9.59 Å². The Kier molecular flexibility index (Phi) is 5.81. The van der Waals surface area contributed by atoms with E-state index in [0.717, 1.165) is 9.75 Å². The molecule has 0 aliphatic carbocycles. The van der Waals surface area contributed by atoms with Gasteiger partial charge in [0.1, 0.15) is 11.5 Å². The molecule has 1 N–H and O–H groups in total. The molecular weight excluding hydrogens is 330 g/mol. The zero-order valence-electron chi connectivity index (χ0n) is 14.0. The summed E-state index contributed by atoms with van der Waals surface area (Å²) in [6, 6.07) is 6.78. The summed E-state index contributed by atoms with van der Waals surface area (Å²) in [7, 11) is 3.03. The summed E-state index contributed by atoms with van der Waals surface area (Å²) in [6.07, 6.45) is 0. The van der Waals surface area contributed by atoms with E-state index in [1.54, 1.807) is 24.3 Å². The Hall–Kier alpha value is -2.54. The zero-order chi connectivity index (χ0) is 17.7. The maximum absolute atomic E-state index is 12.0. The molecule has 0 unspecified atom stereocenters. The van der Waals surface area contributed by atoms with E-state index >= 15 is 0 Å². The Balaban J connectivity index is 1.98. The highest BCUT2D eigenvalue weighted by Gasteiger charge is 2.16. The van der Waals surface area contributed by atoms with Crippen LogP contribution in [-0.2, 0) is 9.53 Å². The molecule has 0 atom stereocenters. The van der Waals surface area contributed by atoms with Crippen LogP contribution in [0.3, 0.4) is 0 Å². The minimum absolute atomic E-state index is 0.381. The third kappa shape index (κ3) is 4.26. The average Bonchev–Trinajstić information content (AvgIpc) is 2.91. The Bertz CT molecular complexity index is 753. The summed E-state index contributed by atoms with van der Waals surface area (Å²) < 4.78 is 15.4. The van der Waals surface area contributed by atoms with Gasteiger partial charge >= 0.3 is 5.97 Å². The van der Waals surface area contributed by atoms with Gasteiger partial charge in [-0.25, -0.2) is 4.79 Å². The highest BCUT2D eigenvalue weighted by molar-refractivity contribution is 7.12. The molecule has 1 aromatic heterocycles. The van der Waals surface area contributed by atoms with Gasteiger partial charge in [0.2, 0.25) is 0 Å². The monoisotopic (exact) mass is 349 g/mol. The van der Waals surface area contributed by atoms with Crippen molar-refractivity contribution >= 4 is 28.9 Å². The number of carbonyl (C=O) groups excluding carboxylic acids is 2. The fourth-order valence-electron chi connectivity index (χ4n) is 2.14. The van der Waals surface area contributed by atoms with Gasteiger partial charge in [0.25, 0.3) is 5.91 Å². The van der Waals surface area contributed by atoms with E-state index < -0.39 is 11.9 Å². The smallest absolute Gasteiger partial charge is 0.339 e. The lowest BCUT2D eigenvalue weighted by molar-refractivity contribution is -0.119. The first-order chi connectivity index (χ1) is 11.4. The molecule has 0 saturated heterocycles. The van der Waals surface area contributed by atoms with Crippen LogP contribution in [0.5, 0.6) is 11.5 Å². The number of thiophene rings is 1. The van der Waals surface area contributed by atoms with Crippen LogP contribution in [-0.4, -0.2) is 32.7 Å². The highest BCUT2D eigenvalue weighted by Crippen LogP contribution is 2.28. The number of rotatable bonds is 6. The van der Waals surface area contributed by atoms with Gasteiger partial charge < -0.3 is 19.5 Å².